The maximum atomic E-state index is 13.4. The average molecular weight is 495 g/mol. The molecule has 1 amide bonds. The molecule has 1 aromatic heterocycles. The van der Waals surface area contributed by atoms with E-state index in [1.807, 2.05) is 32.9 Å². The Morgan fingerprint density at radius 1 is 0.971 bits per heavy atom. The van der Waals surface area contributed by atoms with Crippen molar-refractivity contribution in [3.63, 3.8) is 0 Å². The number of ether oxygens (including phenoxy) is 3. The standard InChI is InChI=1S/C26H26N2O6S/c1-13-7-9-16(10-8-13)22(29)20-21(17-11-18(32-4)24(34-6)19(12-17)33-5)28(25(31)23(20)30)26-27-14(2)15(3)35-26/h7-12,21,29H,1-6H3/t21-/m1/s1. The lowest BCUT2D eigenvalue weighted by Crippen LogP contribution is -2.29. The Bertz CT molecular complexity index is 1300. The summed E-state index contributed by atoms with van der Waals surface area (Å²) >= 11 is 1.31. The topological polar surface area (TPSA) is 98.2 Å². The third-order valence-electron chi connectivity index (χ3n) is 6.00. The molecule has 35 heavy (non-hydrogen) atoms. The second kappa shape index (κ2) is 9.42. The zero-order valence-electron chi connectivity index (χ0n) is 20.3. The summed E-state index contributed by atoms with van der Waals surface area (Å²) in [7, 11) is 4.46. The molecule has 1 atom stereocenters. The number of aliphatic hydroxyl groups excluding tert-OH is 1. The number of methoxy groups -OCH3 is 3. The molecule has 182 valence electrons. The largest absolute Gasteiger partial charge is 0.507 e. The summed E-state index contributed by atoms with van der Waals surface area (Å²) in [6, 6.07) is 9.45. The van der Waals surface area contributed by atoms with Crippen molar-refractivity contribution >= 4 is 33.9 Å². The van der Waals surface area contributed by atoms with Crippen LogP contribution < -0.4 is 19.1 Å². The summed E-state index contributed by atoms with van der Waals surface area (Å²) in [6.45, 7) is 5.66. The van der Waals surface area contributed by atoms with E-state index >= 15 is 0 Å². The van der Waals surface area contributed by atoms with Crippen molar-refractivity contribution in [3.8, 4) is 17.2 Å². The molecule has 0 spiro atoms. The van der Waals surface area contributed by atoms with Crippen LogP contribution in [0.5, 0.6) is 17.2 Å². The van der Waals surface area contributed by atoms with Crippen LogP contribution in [0.3, 0.4) is 0 Å². The number of nitrogens with zero attached hydrogens (tertiary/aromatic N) is 2. The number of benzene rings is 2. The van der Waals surface area contributed by atoms with Crippen LogP contribution in [0.4, 0.5) is 5.13 Å². The van der Waals surface area contributed by atoms with Crippen molar-refractivity contribution < 1.29 is 28.9 Å². The Labute approximate surface area is 207 Å². The van der Waals surface area contributed by atoms with Crippen LogP contribution in [0.1, 0.15) is 33.3 Å². The number of hydrogen-bond acceptors (Lipinski definition) is 8. The number of Topliss-reactive ketones (excluding diaryl/α,β-unsaturated/α-hetero) is 1. The molecule has 1 N–H and O–H groups in total. The minimum absolute atomic E-state index is 0.0429. The molecule has 1 fully saturated rings. The minimum Gasteiger partial charge on any atom is -0.507 e. The predicted molar refractivity (Wildman–Crippen MR) is 134 cm³/mol. The van der Waals surface area contributed by atoms with Crippen molar-refractivity contribution in [3.05, 3.63) is 69.2 Å². The molecule has 0 bridgehead atoms. The number of ketones is 1. The number of carbonyl (C=O) groups excluding carboxylic acids is 2. The zero-order valence-corrected chi connectivity index (χ0v) is 21.1. The number of aromatic nitrogens is 1. The maximum absolute atomic E-state index is 13.4. The summed E-state index contributed by atoms with van der Waals surface area (Å²) in [5.74, 6) is -0.758. The molecule has 4 rings (SSSR count). The highest BCUT2D eigenvalue weighted by Crippen LogP contribution is 2.47. The third kappa shape index (κ3) is 4.12. The fourth-order valence-corrected chi connectivity index (χ4v) is 4.97. The molecule has 2 aromatic carbocycles. The van der Waals surface area contributed by atoms with Crippen LogP contribution in [0.25, 0.3) is 5.76 Å². The average Bonchev–Trinajstić information content (AvgIpc) is 3.32. The molecule has 2 heterocycles. The molecule has 9 heteroatoms. The van der Waals surface area contributed by atoms with Crippen LogP contribution in [-0.4, -0.2) is 43.1 Å². The number of aryl methyl sites for hydroxylation is 3. The van der Waals surface area contributed by atoms with Gasteiger partial charge in [0.1, 0.15) is 5.76 Å². The van der Waals surface area contributed by atoms with Gasteiger partial charge in [0.25, 0.3) is 5.78 Å². The second-order valence-corrected chi connectivity index (χ2v) is 9.31. The summed E-state index contributed by atoms with van der Waals surface area (Å²) in [4.78, 5) is 33.5. The van der Waals surface area contributed by atoms with Gasteiger partial charge in [0.15, 0.2) is 16.6 Å². The number of thiazole rings is 1. The SMILES string of the molecule is COc1cc([C@@H]2C(=C(O)c3ccc(C)cc3)C(=O)C(=O)N2c2nc(C)c(C)s2)cc(OC)c1OC. The van der Waals surface area contributed by atoms with E-state index < -0.39 is 17.7 Å². The summed E-state index contributed by atoms with van der Waals surface area (Å²) in [5.41, 5.74) is 2.64. The number of aliphatic hydroxyl groups is 1. The van der Waals surface area contributed by atoms with Crippen molar-refractivity contribution in [2.24, 2.45) is 0 Å². The number of rotatable bonds is 6. The molecule has 1 saturated heterocycles. The van der Waals surface area contributed by atoms with E-state index in [2.05, 4.69) is 4.98 Å². The van der Waals surface area contributed by atoms with E-state index in [9.17, 15) is 14.7 Å². The lowest BCUT2D eigenvalue weighted by molar-refractivity contribution is -0.132. The molecule has 0 radical (unpaired) electrons. The van der Waals surface area contributed by atoms with Gasteiger partial charge in [0, 0.05) is 10.4 Å². The normalized spacial score (nSPS) is 17.1. The van der Waals surface area contributed by atoms with E-state index in [0.717, 1.165) is 16.1 Å². The molecule has 0 unspecified atom stereocenters. The van der Waals surface area contributed by atoms with Crippen molar-refractivity contribution in [2.45, 2.75) is 26.8 Å². The molecule has 1 aliphatic rings. The van der Waals surface area contributed by atoms with Gasteiger partial charge in [-0.05, 0) is 38.5 Å². The van der Waals surface area contributed by atoms with Crippen molar-refractivity contribution in [1.82, 2.24) is 4.98 Å². The highest BCUT2D eigenvalue weighted by Gasteiger charge is 2.48. The Balaban J connectivity index is 2.01. The fourth-order valence-electron chi connectivity index (χ4n) is 4.03. The first-order valence-corrected chi connectivity index (χ1v) is 11.6. The molecule has 8 nitrogen and oxygen atoms in total. The summed E-state index contributed by atoms with van der Waals surface area (Å²) in [5, 5.41) is 11.6. The van der Waals surface area contributed by atoms with Crippen LogP contribution in [-0.2, 0) is 9.59 Å². The fraction of sp³-hybridized carbons (Fsp3) is 0.269. The van der Waals surface area contributed by atoms with Gasteiger partial charge >= 0.3 is 5.91 Å². The molecule has 0 aliphatic carbocycles. The second-order valence-electron chi connectivity index (χ2n) is 8.13. The van der Waals surface area contributed by atoms with Gasteiger partial charge in [-0.1, -0.05) is 29.8 Å². The Morgan fingerprint density at radius 3 is 2.06 bits per heavy atom. The molecular formula is C26H26N2O6S. The van der Waals surface area contributed by atoms with Gasteiger partial charge in [-0.2, -0.15) is 0 Å². The number of anilines is 1. The van der Waals surface area contributed by atoms with E-state index in [1.54, 1.807) is 24.3 Å². The van der Waals surface area contributed by atoms with E-state index in [-0.39, 0.29) is 11.3 Å². The quantitative estimate of drug-likeness (QED) is 0.301. The maximum Gasteiger partial charge on any atom is 0.301 e. The van der Waals surface area contributed by atoms with E-state index in [1.165, 1.54) is 37.6 Å². The van der Waals surface area contributed by atoms with Crippen LogP contribution in [0.2, 0.25) is 0 Å². The summed E-state index contributed by atoms with van der Waals surface area (Å²) < 4.78 is 16.4. The summed E-state index contributed by atoms with van der Waals surface area (Å²) in [6.07, 6.45) is 0. The van der Waals surface area contributed by atoms with Crippen molar-refractivity contribution in [1.29, 1.82) is 0 Å². The number of amides is 1. The Morgan fingerprint density at radius 2 is 1.57 bits per heavy atom. The first-order chi connectivity index (χ1) is 16.7. The Kier molecular flexibility index (Phi) is 6.53. The first-order valence-electron chi connectivity index (χ1n) is 10.8. The van der Waals surface area contributed by atoms with Crippen LogP contribution >= 0.6 is 11.3 Å². The molecule has 3 aromatic rings. The minimum atomic E-state index is -0.963. The van der Waals surface area contributed by atoms with Crippen LogP contribution in [0.15, 0.2) is 42.0 Å². The van der Waals surface area contributed by atoms with Gasteiger partial charge in [0.05, 0.1) is 38.6 Å². The lowest BCUT2D eigenvalue weighted by atomic mass is 9.94. The van der Waals surface area contributed by atoms with Gasteiger partial charge in [-0.3, -0.25) is 14.5 Å². The van der Waals surface area contributed by atoms with Gasteiger partial charge in [0.2, 0.25) is 5.75 Å². The number of hydrogen-bond donors (Lipinski definition) is 1. The van der Waals surface area contributed by atoms with Gasteiger partial charge < -0.3 is 19.3 Å². The van der Waals surface area contributed by atoms with Gasteiger partial charge in [-0.25, -0.2) is 4.98 Å². The van der Waals surface area contributed by atoms with Crippen molar-refractivity contribution in [2.75, 3.05) is 26.2 Å². The highest BCUT2D eigenvalue weighted by molar-refractivity contribution is 7.16. The lowest BCUT2D eigenvalue weighted by Gasteiger charge is -2.24. The first kappa shape index (κ1) is 24.3. The predicted octanol–water partition coefficient (Wildman–Crippen LogP) is 4.72. The Hall–Kier alpha value is -3.85. The molecule has 1 aliphatic heterocycles. The zero-order chi connectivity index (χ0) is 25.4. The van der Waals surface area contributed by atoms with E-state index in [0.29, 0.717) is 33.5 Å². The van der Waals surface area contributed by atoms with Gasteiger partial charge in [-0.15, -0.1) is 11.3 Å². The highest BCUT2D eigenvalue weighted by atomic mass is 32.1. The molecular weight excluding hydrogens is 468 g/mol. The monoisotopic (exact) mass is 494 g/mol. The van der Waals surface area contributed by atoms with Crippen LogP contribution in [0, 0.1) is 20.8 Å². The third-order valence-corrected chi connectivity index (χ3v) is 7.07. The number of carbonyl (C=O) groups is 2. The smallest absolute Gasteiger partial charge is 0.301 e. The van der Waals surface area contributed by atoms with E-state index in [4.69, 9.17) is 14.2 Å². The molecule has 0 saturated carbocycles.